The zero-order valence-corrected chi connectivity index (χ0v) is 12.7. The van der Waals surface area contributed by atoms with Gasteiger partial charge in [0.1, 0.15) is 0 Å². The molecule has 2 aromatic carbocycles. The normalized spacial score (nSPS) is 17.5. The van der Waals surface area contributed by atoms with Crippen LogP contribution in [0, 0.1) is 0 Å². The minimum atomic E-state index is -0.373. The van der Waals surface area contributed by atoms with E-state index in [1.165, 1.54) is 0 Å². The Morgan fingerprint density at radius 3 is 2.26 bits per heavy atom. The van der Waals surface area contributed by atoms with E-state index in [-0.39, 0.29) is 17.9 Å². The van der Waals surface area contributed by atoms with Crippen LogP contribution in [0.25, 0.3) is 11.1 Å². The molecule has 5 nitrogen and oxygen atoms in total. The van der Waals surface area contributed by atoms with Crippen LogP contribution in [0.1, 0.15) is 10.4 Å². The van der Waals surface area contributed by atoms with Crippen molar-refractivity contribution < 1.29 is 9.59 Å². The highest BCUT2D eigenvalue weighted by molar-refractivity contribution is 6.06. The van der Waals surface area contributed by atoms with Crippen LogP contribution in [-0.4, -0.2) is 37.5 Å². The first kappa shape index (κ1) is 15.4. The second-order valence-electron chi connectivity index (χ2n) is 5.47. The highest BCUT2D eigenvalue weighted by Gasteiger charge is 2.22. The molecule has 2 aromatic rings. The minimum absolute atomic E-state index is 0.297. The number of nitrogens with one attached hydrogen (secondary N) is 3. The first-order valence-corrected chi connectivity index (χ1v) is 7.69. The smallest absolute Gasteiger partial charge is 0.257 e. The number of amides is 2. The average Bonchev–Trinajstić information content (AvgIpc) is 2.63. The maximum Gasteiger partial charge on any atom is 0.257 e. The van der Waals surface area contributed by atoms with Crippen molar-refractivity contribution in [1.29, 1.82) is 0 Å². The van der Waals surface area contributed by atoms with E-state index in [0.717, 1.165) is 24.2 Å². The standard InChI is InChI=1S/C18H19N3O2/c22-17(21-18(23)16-12-19-10-11-20-16)15-8-6-14(7-9-15)13-4-2-1-3-5-13/h1-9,16,19-20H,10-12H2,(H,21,22,23). The van der Waals surface area contributed by atoms with Crippen molar-refractivity contribution in [2.24, 2.45) is 0 Å². The van der Waals surface area contributed by atoms with Crippen molar-refractivity contribution in [1.82, 2.24) is 16.0 Å². The molecule has 1 aliphatic rings. The second kappa shape index (κ2) is 7.17. The van der Waals surface area contributed by atoms with Gasteiger partial charge in [-0.25, -0.2) is 0 Å². The van der Waals surface area contributed by atoms with Gasteiger partial charge in [-0.1, -0.05) is 42.5 Å². The molecule has 1 unspecified atom stereocenters. The van der Waals surface area contributed by atoms with Crippen molar-refractivity contribution in [2.75, 3.05) is 19.6 Å². The summed E-state index contributed by atoms with van der Waals surface area (Å²) in [5.41, 5.74) is 2.60. The van der Waals surface area contributed by atoms with E-state index in [4.69, 9.17) is 0 Å². The molecule has 2 amide bonds. The zero-order valence-electron chi connectivity index (χ0n) is 12.7. The van der Waals surface area contributed by atoms with Crippen LogP contribution in [0.5, 0.6) is 0 Å². The summed E-state index contributed by atoms with van der Waals surface area (Å²) in [6.45, 7) is 2.09. The van der Waals surface area contributed by atoms with Gasteiger partial charge in [0, 0.05) is 25.2 Å². The number of rotatable bonds is 3. The lowest BCUT2D eigenvalue weighted by Crippen LogP contribution is -2.56. The van der Waals surface area contributed by atoms with Gasteiger partial charge in [0.25, 0.3) is 5.91 Å². The van der Waals surface area contributed by atoms with E-state index in [0.29, 0.717) is 12.1 Å². The van der Waals surface area contributed by atoms with Crippen LogP contribution in [0.3, 0.4) is 0 Å². The van der Waals surface area contributed by atoms with Gasteiger partial charge in [-0.15, -0.1) is 0 Å². The predicted octanol–water partition coefficient (Wildman–Crippen LogP) is 1.17. The van der Waals surface area contributed by atoms with E-state index >= 15 is 0 Å². The van der Waals surface area contributed by atoms with E-state index in [1.807, 2.05) is 42.5 Å². The Hall–Kier alpha value is -2.50. The summed E-state index contributed by atoms with van der Waals surface area (Å²) >= 11 is 0. The molecule has 1 heterocycles. The Kier molecular flexibility index (Phi) is 4.80. The molecule has 0 bridgehead atoms. The molecule has 5 heteroatoms. The van der Waals surface area contributed by atoms with E-state index in [2.05, 4.69) is 16.0 Å². The maximum atomic E-state index is 12.2. The molecule has 0 saturated carbocycles. The van der Waals surface area contributed by atoms with E-state index in [1.54, 1.807) is 12.1 Å². The number of carbonyl (C=O) groups is 2. The topological polar surface area (TPSA) is 70.2 Å². The number of carbonyl (C=O) groups excluding carboxylic acids is 2. The average molecular weight is 309 g/mol. The number of piperazine rings is 1. The monoisotopic (exact) mass is 309 g/mol. The van der Waals surface area contributed by atoms with E-state index < -0.39 is 0 Å². The van der Waals surface area contributed by atoms with Gasteiger partial charge in [0.15, 0.2) is 0 Å². The highest BCUT2D eigenvalue weighted by Crippen LogP contribution is 2.19. The van der Waals surface area contributed by atoms with Crippen molar-refractivity contribution in [3.8, 4) is 11.1 Å². The molecular formula is C18H19N3O2. The number of hydrogen-bond donors (Lipinski definition) is 3. The summed E-state index contributed by atoms with van der Waals surface area (Å²) in [7, 11) is 0. The zero-order chi connectivity index (χ0) is 16.1. The first-order valence-electron chi connectivity index (χ1n) is 7.69. The molecule has 1 aliphatic heterocycles. The summed E-state index contributed by atoms with van der Waals surface area (Å²) in [5.74, 6) is -0.670. The summed E-state index contributed by atoms with van der Waals surface area (Å²) in [6, 6.07) is 16.8. The molecule has 0 aliphatic carbocycles. The summed E-state index contributed by atoms with van der Waals surface area (Å²) < 4.78 is 0. The third-order valence-electron chi connectivity index (χ3n) is 3.85. The summed E-state index contributed by atoms with van der Waals surface area (Å²) in [5, 5.41) is 8.64. The molecule has 0 radical (unpaired) electrons. The van der Waals surface area contributed by atoms with Crippen LogP contribution >= 0.6 is 0 Å². The van der Waals surface area contributed by atoms with Gasteiger partial charge in [-0.3, -0.25) is 14.9 Å². The second-order valence-corrected chi connectivity index (χ2v) is 5.47. The molecule has 3 N–H and O–H groups in total. The summed E-state index contributed by atoms with van der Waals surface area (Å²) in [4.78, 5) is 24.2. The largest absolute Gasteiger partial charge is 0.313 e. The Morgan fingerprint density at radius 2 is 1.61 bits per heavy atom. The molecular weight excluding hydrogens is 290 g/mol. The van der Waals surface area contributed by atoms with Gasteiger partial charge in [0.05, 0.1) is 6.04 Å². The maximum absolute atomic E-state index is 12.2. The molecule has 1 saturated heterocycles. The van der Waals surface area contributed by atoms with Crippen LogP contribution in [0.15, 0.2) is 54.6 Å². The van der Waals surface area contributed by atoms with Gasteiger partial charge >= 0.3 is 0 Å². The van der Waals surface area contributed by atoms with Crippen LogP contribution < -0.4 is 16.0 Å². The van der Waals surface area contributed by atoms with Crippen molar-refractivity contribution in [3.63, 3.8) is 0 Å². The summed E-state index contributed by atoms with van der Waals surface area (Å²) in [6.07, 6.45) is 0. The van der Waals surface area contributed by atoms with Crippen LogP contribution in [0.2, 0.25) is 0 Å². The molecule has 3 rings (SSSR count). The Morgan fingerprint density at radius 1 is 0.913 bits per heavy atom. The lowest BCUT2D eigenvalue weighted by atomic mass is 10.0. The van der Waals surface area contributed by atoms with Crippen molar-refractivity contribution >= 4 is 11.8 Å². The molecule has 1 fully saturated rings. The SMILES string of the molecule is O=C(NC(=O)C1CNCCN1)c1ccc(-c2ccccc2)cc1. The van der Waals surface area contributed by atoms with Crippen molar-refractivity contribution in [3.05, 3.63) is 60.2 Å². The van der Waals surface area contributed by atoms with Gasteiger partial charge in [-0.05, 0) is 23.3 Å². The lowest BCUT2D eigenvalue weighted by Gasteiger charge is -2.23. The van der Waals surface area contributed by atoms with Crippen LogP contribution in [0.4, 0.5) is 0 Å². The lowest BCUT2D eigenvalue weighted by molar-refractivity contribution is -0.122. The third-order valence-corrected chi connectivity index (χ3v) is 3.85. The fraction of sp³-hybridized carbons (Fsp3) is 0.222. The Bertz CT molecular complexity index is 677. The minimum Gasteiger partial charge on any atom is -0.313 e. The van der Waals surface area contributed by atoms with Gasteiger partial charge in [-0.2, -0.15) is 0 Å². The molecule has 0 aromatic heterocycles. The Labute approximate surface area is 135 Å². The molecule has 0 spiro atoms. The van der Waals surface area contributed by atoms with Crippen molar-refractivity contribution in [2.45, 2.75) is 6.04 Å². The van der Waals surface area contributed by atoms with E-state index in [9.17, 15) is 9.59 Å². The fourth-order valence-corrected chi connectivity index (χ4v) is 2.55. The Balaban J connectivity index is 1.64. The predicted molar refractivity (Wildman–Crippen MR) is 89.0 cm³/mol. The quantitative estimate of drug-likeness (QED) is 0.745. The number of benzene rings is 2. The fourth-order valence-electron chi connectivity index (χ4n) is 2.55. The number of hydrogen-bond acceptors (Lipinski definition) is 4. The first-order chi connectivity index (χ1) is 11.2. The number of imide groups is 1. The molecule has 1 atom stereocenters. The van der Waals surface area contributed by atoms with Crippen LogP contribution in [-0.2, 0) is 4.79 Å². The van der Waals surface area contributed by atoms with Gasteiger partial charge < -0.3 is 10.6 Å². The van der Waals surface area contributed by atoms with Gasteiger partial charge in [0.2, 0.25) is 5.91 Å². The molecule has 118 valence electrons. The highest BCUT2D eigenvalue weighted by atomic mass is 16.2. The molecule has 23 heavy (non-hydrogen) atoms. The third kappa shape index (κ3) is 3.83.